The summed E-state index contributed by atoms with van der Waals surface area (Å²) in [5, 5.41) is 2.77. The van der Waals surface area contributed by atoms with E-state index in [0.29, 0.717) is 29.7 Å². The van der Waals surface area contributed by atoms with E-state index in [1.54, 1.807) is 18.2 Å². The average Bonchev–Trinajstić information content (AvgIpc) is 2.78. The van der Waals surface area contributed by atoms with Gasteiger partial charge < -0.3 is 5.32 Å². The normalized spacial score (nSPS) is 13.2. The Morgan fingerprint density at radius 2 is 1.70 bits per heavy atom. The molecule has 3 amide bonds. The van der Waals surface area contributed by atoms with Gasteiger partial charge in [-0.25, -0.2) is 0 Å². The minimum absolute atomic E-state index is 0.126. The zero-order valence-electron chi connectivity index (χ0n) is 12.7. The van der Waals surface area contributed by atoms with Crippen LogP contribution in [0.5, 0.6) is 0 Å². The molecular formula is C18H16N2O3. The van der Waals surface area contributed by atoms with Gasteiger partial charge in [-0.05, 0) is 30.2 Å². The van der Waals surface area contributed by atoms with E-state index in [0.717, 1.165) is 10.5 Å². The highest BCUT2D eigenvalue weighted by Crippen LogP contribution is 2.24. The highest BCUT2D eigenvalue weighted by atomic mass is 16.2. The Balaban J connectivity index is 1.66. The lowest BCUT2D eigenvalue weighted by atomic mass is 10.1. The van der Waals surface area contributed by atoms with E-state index in [-0.39, 0.29) is 17.7 Å². The van der Waals surface area contributed by atoms with Crippen molar-refractivity contribution in [2.45, 2.75) is 12.8 Å². The zero-order valence-corrected chi connectivity index (χ0v) is 12.7. The van der Waals surface area contributed by atoms with Crippen LogP contribution in [-0.2, 0) is 11.2 Å². The van der Waals surface area contributed by atoms with Crippen LogP contribution < -0.4 is 5.32 Å². The van der Waals surface area contributed by atoms with Crippen LogP contribution in [0.1, 0.15) is 32.7 Å². The number of nitrogens with zero attached hydrogens (tertiary/aromatic N) is 1. The summed E-state index contributed by atoms with van der Waals surface area (Å²) in [6.45, 7) is 0. The van der Waals surface area contributed by atoms with Crippen LogP contribution in [0.4, 0.5) is 5.69 Å². The third kappa shape index (κ3) is 2.99. The molecule has 0 fully saturated rings. The highest BCUT2D eigenvalue weighted by molar-refractivity contribution is 6.21. The number of rotatable bonds is 4. The molecule has 1 aliphatic rings. The lowest BCUT2D eigenvalue weighted by Gasteiger charge is -2.06. The Morgan fingerprint density at radius 1 is 1.00 bits per heavy atom. The molecule has 0 spiro atoms. The maximum atomic E-state index is 12.0. The molecule has 1 heterocycles. The quantitative estimate of drug-likeness (QED) is 0.882. The van der Waals surface area contributed by atoms with Gasteiger partial charge in [0.1, 0.15) is 0 Å². The zero-order chi connectivity index (χ0) is 16.4. The minimum atomic E-state index is -0.342. The molecule has 0 saturated carbocycles. The summed E-state index contributed by atoms with van der Waals surface area (Å²) in [5.41, 5.74) is 2.33. The van der Waals surface area contributed by atoms with Crippen molar-refractivity contribution in [1.82, 2.24) is 4.90 Å². The predicted octanol–water partition coefficient (Wildman–Crippen LogP) is 2.48. The van der Waals surface area contributed by atoms with E-state index in [9.17, 15) is 14.4 Å². The van der Waals surface area contributed by atoms with Gasteiger partial charge in [0.05, 0.1) is 11.1 Å². The first-order valence-electron chi connectivity index (χ1n) is 7.36. The van der Waals surface area contributed by atoms with E-state index >= 15 is 0 Å². The first-order chi connectivity index (χ1) is 11.1. The van der Waals surface area contributed by atoms with Gasteiger partial charge in [-0.1, -0.05) is 30.3 Å². The number of amides is 3. The van der Waals surface area contributed by atoms with Crippen molar-refractivity contribution in [2.24, 2.45) is 0 Å². The smallest absolute Gasteiger partial charge is 0.261 e. The molecule has 0 aromatic heterocycles. The van der Waals surface area contributed by atoms with E-state index in [1.807, 2.05) is 30.3 Å². The molecule has 0 unspecified atom stereocenters. The number of benzene rings is 2. The third-order valence-electron chi connectivity index (χ3n) is 3.86. The van der Waals surface area contributed by atoms with E-state index in [4.69, 9.17) is 0 Å². The Kier molecular flexibility index (Phi) is 3.93. The van der Waals surface area contributed by atoms with Crippen LogP contribution in [0.15, 0.2) is 48.5 Å². The topological polar surface area (TPSA) is 66.5 Å². The molecule has 2 aromatic rings. The second kappa shape index (κ2) is 6.04. The SMILES string of the molecule is CN1C(=O)c2ccc(NC(=O)CCc3ccccc3)cc2C1=O. The lowest BCUT2D eigenvalue weighted by molar-refractivity contribution is -0.116. The van der Waals surface area contributed by atoms with Gasteiger partial charge in [0.15, 0.2) is 0 Å². The molecule has 5 heteroatoms. The van der Waals surface area contributed by atoms with Crippen LogP contribution in [0, 0.1) is 0 Å². The Bertz CT molecular complexity index is 784. The first-order valence-corrected chi connectivity index (χ1v) is 7.36. The van der Waals surface area contributed by atoms with Crippen LogP contribution in [0.3, 0.4) is 0 Å². The van der Waals surface area contributed by atoms with Gasteiger partial charge in [0.2, 0.25) is 5.91 Å². The maximum Gasteiger partial charge on any atom is 0.261 e. The van der Waals surface area contributed by atoms with Crippen molar-refractivity contribution >= 4 is 23.4 Å². The molecule has 3 rings (SSSR count). The molecule has 116 valence electrons. The Hall–Kier alpha value is -2.95. The van der Waals surface area contributed by atoms with Crippen LogP contribution in [0.25, 0.3) is 0 Å². The second-order valence-corrected chi connectivity index (χ2v) is 5.46. The minimum Gasteiger partial charge on any atom is -0.326 e. The number of hydrogen-bond acceptors (Lipinski definition) is 3. The summed E-state index contributed by atoms with van der Waals surface area (Å²) in [5.74, 6) is -0.781. The summed E-state index contributed by atoms with van der Waals surface area (Å²) >= 11 is 0. The molecule has 1 N–H and O–H groups in total. The standard InChI is InChI=1S/C18H16N2O3/c1-20-17(22)14-9-8-13(11-15(14)18(20)23)19-16(21)10-7-12-5-3-2-4-6-12/h2-6,8-9,11H,7,10H2,1H3,(H,19,21). The second-order valence-electron chi connectivity index (χ2n) is 5.46. The van der Waals surface area contributed by atoms with Crippen molar-refractivity contribution in [1.29, 1.82) is 0 Å². The van der Waals surface area contributed by atoms with Crippen molar-refractivity contribution in [3.05, 3.63) is 65.2 Å². The van der Waals surface area contributed by atoms with Gasteiger partial charge in [-0.2, -0.15) is 0 Å². The van der Waals surface area contributed by atoms with Crippen molar-refractivity contribution in [3.8, 4) is 0 Å². The van der Waals surface area contributed by atoms with Gasteiger partial charge in [-0.15, -0.1) is 0 Å². The van der Waals surface area contributed by atoms with Gasteiger partial charge in [0, 0.05) is 19.2 Å². The number of aryl methyl sites for hydroxylation is 1. The molecule has 5 nitrogen and oxygen atoms in total. The van der Waals surface area contributed by atoms with E-state index < -0.39 is 0 Å². The number of carbonyl (C=O) groups excluding carboxylic acids is 3. The summed E-state index contributed by atoms with van der Waals surface area (Å²) < 4.78 is 0. The number of hydrogen-bond donors (Lipinski definition) is 1. The molecule has 0 saturated heterocycles. The van der Waals surface area contributed by atoms with Gasteiger partial charge in [0.25, 0.3) is 11.8 Å². The molecule has 0 bridgehead atoms. The number of anilines is 1. The van der Waals surface area contributed by atoms with Crippen molar-refractivity contribution < 1.29 is 14.4 Å². The fourth-order valence-corrected chi connectivity index (χ4v) is 2.57. The molecule has 0 aliphatic carbocycles. The predicted molar refractivity (Wildman–Crippen MR) is 86.3 cm³/mol. The third-order valence-corrected chi connectivity index (χ3v) is 3.86. The highest BCUT2D eigenvalue weighted by Gasteiger charge is 2.32. The fourth-order valence-electron chi connectivity index (χ4n) is 2.57. The van der Waals surface area contributed by atoms with E-state index in [2.05, 4.69) is 5.32 Å². The van der Waals surface area contributed by atoms with Crippen molar-refractivity contribution in [3.63, 3.8) is 0 Å². The first kappa shape index (κ1) is 15.0. The number of carbonyl (C=O) groups is 3. The van der Waals surface area contributed by atoms with Crippen LogP contribution in [-0.4, -0.2) is 29.7 Å². The van der Waals surface area contributed by atoms with Crippen LogP contribution >= 0.6 is 0 Å². The molecule has 0 atom stereocenters. The number of imide groups is 1. The monoisotopic (exact) mass is 308 g/mol. The molecule has 2 aromatic carbocycles. The van der Waals surface area contributed by atoms with E-state index in [1.165, 1.54) is 7.05 Å². The maximum absolute atomic E-state index is 12.0. The summed E-state index contributed by atoms with van der Waals surface area (Å²) in [6.07, 6.45) is 1.01. The summed E-state index contributed by atoms with van der Waals surface area (Å²) in [4.78, 5) is 36.9. The number of fused-ring (bicyclic) bond motifs is 1. The average molecular weight is 308 g/mol. The summed E-state index contributed by atoms with van der Waals surface area (Å²) in [7, 11) is 1.45. The fraction of sp³-hybridized carbons (Fsp3) is 0.167. The van der Waals surface area contributed by atoms with Crippen molar-refractivity contribution in [2.75, 3.05) is 12.4 Å². The summed E-state index contributed by atoms with van der Waals surface area (Å²) in [6, 6.07) is 14.5. The molecule has 23 heavy (non-hydrogen) atoms. The number of nitrogens with one attached hydrogen (secondary N) is 1. The van der Waals surface area contributed by atoms with Gasteiger partial charge in [-0.3, -0.25) is 19.3 Å². The van der Waals surface area contributed by atoms with Crippen LogP contribution in [0.2, 0.25) is 0 Å². The largest absolute Gasteiger partial charge is 0.326 e. The Morgan fingerprint density at radius 3 is 2.43 bits per heavy atom. The lowest BCUT2D eigenvalue weighted by Crippen LogP contribution is -2.24. The van der Waals surface area contributed by atoms with Gasteiger partial charge >= 0.3 is 0 Å². The molecular weight excluding hydrogens is 292 g/mol. The Labute approximate surface area is 133 Å². The molecule has 0 radical (unpaired) electrons. The molecule has 1 aliphatic heterocycles.